The third-order valence-electron chi connectivity index (χ3n) is 4.94. The number of amides is 1. The van der Waals surface area contributed by atoms with E-state index in [4.69, 9.17) is 9.57 Å². The highest BCUT2D eigenvalue weighted by Gasteiger charge is 2.34. The number of hydroxylamine groups is 2. The van der Waals surface area contributed by atoms with Gasteiger partial charge in [-0.05, 0) is 45.2 Å². The number of nitrogens with zero attached hydrogens (tertiary/aromatic N) is 3. The number of piperidine rings is 1. The zero-order valence-electron chi connectivity index (χ0n) is 15.8. The first-order valence-electron chi connectivity index (χ1n) is 9.23. The van der Waals surface area contributed by atoms with E-state index >= 15 is 0 Å². The molecule has 0 bridgehead atoms. The average molecular weight is 372 g/mol. The van der Waals surface area contributed by atoms with Crippen molar-refractivity contribution >= 4 is 23.1 Å². The number of nitrogens with one attached hydrogen (secondary N) is 1. The van der Waals surface area contributed by atoms with Gasteiger partial charge in [0.05, 0.1) is 5.56 Å². The monoisotopic (exact) mass is 372 g/mol. The number of aromatic nitrogens is 2. The summed E-state index contributed by atoms with van der Waals surface area (Å²) < 4.78 is 5.19. The molecule has 0 aromatic carbocycles. The highest BCUT2D eigenvalue weighted by atomic mass is 16.8. The number of carbonyl (C=O) groups is 2. The first-order valence-corrected chi connectivity index (χ1v) is 9.23. The van der Waals surface area contributed by atoms with E-state index in [2.05, 4.69) is 9.97 Å². The van der Waals surface area contributed by atoms with Crippen molar-refractivity contribution in [3.63, 3.8) is 0 Å². The second-order valence-corrected chi connectivity index (χ2v) is 8.05. The lowest BCUT2D eigenvalue weighted by atomic mass is 9.97. The van der Waals surface area contributed by atoms with Gasteiger partial charge in [0.15, 0.2) is 0 Å². The van der Waals surface area contributed by atoms with E-state index in [0.29, 0.717) is 25.2 Å². The van der Waals surface area contributed by atoms with Gasteiger partial charge in [-0.25, -0.2) is 9.78 Å². The van der Waals surface area contributed by atoms with Gasteiger partial charge in [0.1, 0.15) is 11.2 Å². The van der Waals surface area contributed by atoms with Crippen molar-refractivity contribution in [1.82, 2.24) is 19.9 Å². The maximum atomic E-state index is 13.0. The summed E-state index contributed by atoms with van der Waals surface area (Å²) in [6.45, 7) is 7.11. The molecule has 0 spiro atoms. The molecule has 2 aliphatic rings. The van der Waals surface area contributed by atoms with E-state index in [-0.39, 0.29) is 11.9 Å². The lowest BCUT2D eigenvalue weighted by Gasteiger charge is -2.39. The summed E-state index contributed by atoms with van der Waals surface area (Å²) in [6.07, 6.45) is 4.38. The van der Waals surface area contributed by atoms with Crippen LogP contribution in [0.2, 0.25) is 0 Å². The third-order valence-corrected chi connectivity index (χ3v) is 4.94. The first-order chi connectivity index (χ1) is 12.8. The van der Waals surface area contributed by atoms with Crippen molar-refractivity contribution in [1.29, 1.82) is 0 Å². The van der Waals surface area contributed by atoms with E-state index in [9.17, 15) is 9.59 Å². The molecule has 8 heteroatoms. The van der Waals surface area contributed by atoms with Crippen molar-refractivity contribution in [3.8, 4) is 0 Å². The van der Waals surface area contributed by atoms with Crippen LogP contribution in [0.1, 0.15) is 49.5 Å². The fraction of sp³-hybridized carbons (Fsp3) is 0.526. The van der Waals surface area contributed by atoms with Gasteiger partial charge in [-0.1, -0.05) is 0 Å². The summed E-state index contributed by atoms with van der Waals surface area (Å²) in [6, 6.07) is 1.90. The van der Waals surface area contributed by atoms with Crippen molar-refractivity contribution in [2.24, 2.45) is 0 Å². The van der Waals surface area contributed by atoms with Gasteiger partial charge in [0.2, 0.25) is 0 Å². The number of hydrogen-bond donors (Lipinski definition) is 1. The number of rotatable bonds is 2. The molecule has 0 radical (unpaired) electrons. The summed E-state index contributed by atoms with van der Waals surface area (Å²) in [4.78, 5) is 39.4. The van der Waals surface area contributed by atoms with Crippen LogP contribution in [0.3, 0.4) is 0 Å². The Bertz CT molecular complexity index is 877. The first kappa shape index (κ1) is 17.8. The Labute approximate surface area is 157 Å². The quantitative estimate of drug-likeness (QED) is 0.816. The molecule has 27 heavy (non-hydrogen) atoms. The zero-order valence-corrected chi connectivity index (χ0v) is 15.8. The largest absolute Gasteiger partial charge is 0.528 e. The van der Waals surface area contributed by atoms with Crippen LogP contribution in [0.25, 0.3) is 11.0 Å². The van der Waals surface area contributed by atoms with Gasteiger partial charge in [-0.3, -0.25) is 4.79 Å². The molecular formula is C19H24N4O4. The second-order valence-electron chi connectivity index (χ2n) is 8.05. The molecule has 1 amide bonds. The van der Waals surface area contributed by atoms with Crippen LogP contribution in [-0.4, -0.2) is 56.7 Å². The van der Waals surface area contributed by atoms with Gasteiger partial charge < -0.3 is 19.5 Å². The molecule has 2 aliphatic heterocycles. The van der Waals surface area contributed by atoms with E-state index in [1.807, 2.05) is 11.1 Å². The fourth-order valence-electron chi connectivity index (χ4n) is 3.75. The molecule has 1 saturated heterocycles. The second kappa shape index (κ2) is 6.53. The number of H-pyrrole nitrogens is 1. The Morgan fingerprint density at radius 3 is 2.74 bits per heavy atom. The average Bonchev–Trinajstić information content (AvgIpc) is 3.01. The lowest BCUT2D eigenvalue weighted by molar-refractivity contribution is -0.156. The number of aromatic amines is 1. The van der Waals surface area contributed by atoms with Crippen molar-refractivity contribution in [2.75, 3.05) is 13.1 Å². The summed E-state index contributed by atoms with van der Waals surface area (Å²) in [5, 5.41) is 2.55. The topological polar surface area (TPSA) is 87.8 Å². The standard InChI is InChI=1S/C19H24N4O4/c1-19(2,3)26-18(25)27-22-8-5-13(6-9-22)23-11-12-10-21-16-15(12)14(17(23)24)4-7-20-16/h4,7,10,13H,5-6,8-9,11H2,1-3H3,(H,20,21). The van der Waals surface area contributed by atoms with Crippen LogP contribution in [0.4, 0.5) is 4.79 Å². The molecule has 0 unspecified atom stereocenters. The Morgan fingerprint density at radius 2 is 2.04 bits per heavy atom. The summed E-state index contributed by atoms with van der Waals surface area (Å²) >= 11 is 0. The number of carbonyl (C=O) groups excluding carboxylic acids is 2. The molecule has 1 N–H and O–H groups in total. The van der Waals surface area contributed by atoms with Crippen molar-refractivity contribution < 1.29 is 19.2 Å². The Hall–Kier alpha value is -2.61. The minimum Gasteiger partial charge on any atom is -0.427 e. The van der Waals surface area contributed by atoms with E-state index in [1.165, 1.54) is 0 Å². The predicted octanol–water partition coefficient (Wildman–Crippen LogP) is 2.85. The molecule has 4 rings (SSSR count). The molecule has 1 fully saturated rings. The van der Waals surface area contributed by atoms with Gasteiger partial charge in [0, 0.05) is 43.5 Å². The normalized spacial score (nSPS) is 18.8. The van der Waals surface area contributed by atoms with Gasteiger partial charge in [0.25, 0.3) is 5.91 Å². The molecule has 4 heterocycles. The maximum absolute atomic E-state index is 13.0. The fourth-order valence-corrected chi connectivity index (χ4v) is 3.75. The van der Waals surface area contributed by atoms with Gasteiger partial charge in [-0.15, -0.1) is 5.06 Å². The van der Waals surface area contributed by atoms with Crippen LogP contribution in [0.5, 0.6) is 0 Å². The molecular weight excluding hydrogens is 348 g/mol. The van der Waals surface area contributed by atoms with E-state index in [1.54, 1.807) is 38.1 Å². The van der Waals surface area contributed by atoms with Crippen molar-refractivity contribution in [3.05, 3.63) is 29.6 Å². The zero-order chi connectivity index (χ0) is 19.2. The summed E-state index contributed by atoms with van der Waals surface area (Å²) in [7, 11) is 0. The minimum atomic E-state index is -0.689. The van der Waals surface area contributed by atoms with E-state index < -0.39 is 11.8 Å². The molecule has 0 aliphatic carbocycles. The predicted molar refractivity (Wildman–Crippen MR) is 97.9 cm³/mol. The Morgan fingerprint density at radius 1 is 1.30 bits per heavy atom. The molecule has 0 atom stereocenters. The number of ether oxygens (including phenoxy) is 1. The molecule has 2 aromatic heterocycles. The molecule has 2 aromatic rings. The van der Waals surface area contributed by atoms with Gasteiger partial charge >= 0.3 is 6.16 Å². The molecule has 0 saturated carbocycles. The van der Waals surface area contributed by atoms with E-state index in [0.717, 1.165) is 29.4 Å². The Kier molecular flexibility index (Phi) is 4.30. The SMILES string of the molecule is CC(C)(C)OC(=O)ON1CCC(N2Cc3c[nH]c4nccc(c34)C2=O)CC1. The highest BCUT2D eigenvalue weighted by Crippen LogP contribution is 2.31. The molecule has 8 nitrogen and oxygen atoms in total. The summed E-state index contributed by atoms with van der Waals surface area (Å²) in [5.74, 6) is 0.0426. The van der Waals surface area contributed by atoms with Gasteiger partial charge in [-0.2, -0.15) is 0 Å². The Balaban J connectivity index is 1.39. The summed E-state index contributed by atoms with van der Waals surface area (Å²) in [5.41, 5.74) is 1.98. The number of hydrogen-bond acceptors (Lipinski definition) is 6. The maximum Gasteiger partial charge on any atom is 0.528 e. The van der Waals surface area contributed by atoms with Crippen molar-refractivity contribution in [2.45, 2.75) is 51.8 Å². The number of pyridine rings is 1. The van der Waals surface area contributed by atoms with Crippen LogP contribution in [0.15, 0.2) is 18.5 Å². The van der Waals surface area contributed by atoms with Crippen LogP contribution < -0.4 is 0 Å². The highest BCUT2D eigenvalue weighted by molar-refractivity contribution is 6.08. The minimum absolute atomic E-state index is 0.0426. The molecule has 144 valence electrons. The van der Waals surface area contributed by atoms with Crippen LogP contribution in [-0.2, 0) is 16.1 Å². The smallest absolute Gasteiger partial charge is 0.427 e. The van der Waals surface area contributed by atoms with Crippen LogP contribution in [0, 0.1) is 0 Å². The van der Waals surface area contributed by atoms with Crippen LogP contribution >= 0.6 is 0 Å². The third kappa shape index (κ3) is 3.49. The lowest BCUT2D eigenvalue weighted by Crippen LogP contribution is -2.48.